The highest BCUT2D eigenvalue weighted by molar-refractivity contribution is 6.29. The Morgan fingerprint density at radius 1 is 1.28 bits per heavy atom. The highest BCUT2D eigenvalue weighted by Gasteiger charge is 2.11. The van der Waals surface area contributed by atoms with Gasteiger partial charge in [0.1, 0.15) is 6.61 Å². The summed E-state index contributed by atoms with van der Waals surface area (Å²) in [4.78, 5) is 28.4. The van der Waals surface area contributed by atoms with Crippen LogP contribution in [-0.2, 0) is 16.1 Å². The summed E-state index contributed by atoms with van der Waals surface area (Å²) in [6.07, 6.45) is 2.05. The zero-order valence-corrected chi connectivity index (χ0v) is 14.8. The summed E-state index contributed by atoms with van der Waals surface area (Å²) in [5.41, 5.74) is 0.299. The van der Waals surface area contributed by atoms with E-state index in [0.29, 0.717) is 35.4 Å². The van der Waals surface area contributed by atoms with E-state index in [4.69, 9.17) is 25.8 Å². The van der Waals surface area contributed by atoms with Gasteiger partial charge < -0.3 is 14.2 Å². The van der Waals surface area contributed by atoms with E-state index in [-0.39, 0.29) is 23.6 Å². The number of benzene rings is 1. The summed E-state index contributed by atoms with van der Waals surface area (Å²) in [6.45, 7) is 3.76. The average Bonchev–Trinajstić information content (AvgIpc) is 2.60. The Bertz CT molecular complexity index is 847. The normalized spacial score (nSPS) is 10.5. The lowest BCUT2D eigenvalue weighted by Gasteiger charge is -2.10. The van der Waals surface area contributed by atoms with Gasteiger partial charge in [-0.25, -0.2) is 4.98 Å². The monoisotopic (exact) mass is 366 g/mol. The van der Waals surface area contributed by atoms with Crippen molar-refractivity contribution >= 4 is 28.5 Å². The molecule has 2 aromatic rings. The minimum atomic E-state index is -0.394. The third kappa shape index (κ3) is 4.73. The number of aryl methyl sites for hydroxylation is 1. The number of methoxy groups -OCH3 is 2. The van der Waals surface area contributed by atoms with E-state index < -0.39 is 5.97 Å². The fourth-order valence-corrected chi connectivity index (χ4v) is 2.32. The Hall–Kier alpha value is -2.54. The van der Waals surface area contributed by atoms with Gasteiger partial charge in [-0.05, 0) is 12.5 Å². The number of halogens is 1. The van der Waals surface area contributed by atoms with E-state index in [2.05, 4.69) is 11.6 Å². The molecule has 0 N–H and O–H groups in total. The van der Waals surface area contributed by atoms with Crippen molar-refractivity contribution in [1.29, 1.82) is 0 Å². The van der Waals surface area contributed by atoms with Crippen LogP contribution in [0.1, 0.15) is 12.8 Å². The number of esters is 1. The number of carbonyl (C=O) groups excluding carboxylic acids is 1. The van der Waals surface area contributed by atoms with Gasteiger partial charge in [0.2, 0.25) is 0 Å². The minimum absolute atomic E-state index is 0.0144. The standard InChI is InChI=1S/C17H19ClN2O5/c1-11(18)9-25-16(21)5-4-6-20-10-19-13-8-15(24-3)14(23-2)7-12(13)17(20)22/h7-8,10H,1,4-6,9H2,2-3H3. The third-order valence-corrected chi connectivity index (χ3v) is 3.61. The highest BCUT2D eigenvalue weighted by Crippen LogP contribution is 2.29. The zero-order valence-electron chi connectivity index (χ0n) is 14.1. The first kappa shape index (κ1) is 18.8. The topological polar surface area (TPSA) is 79.7 Å². The summed E-state index contributed by atoms with van der Waals surface area (Å²) in [7, 11) is 3.02. The van der Waals surface area contributed by atoms with Crippen molar-refractivity contribution in [2.24, 2.45) is 0 Å². The van der Waals surface area contributed by atoms with Crippen LogP contribution in [0.5, 0.6) is 11.5 Å². The second-order valence-corrected chi connectivity index (χ2v) is 5.78. The molecule has 0 saturated carbocycles. The summed E-state index contributed by atoms with van der Waals surface area (Å²) in [5, 5.41) is 0.675. The largest absolute Gasteiger partial charge is 0.493 e. The van der Waals surface area contributed by atoms with Gasteiger partial charge in [-0.15, -0.1) is 0 Å². The molecular formula is C17H19ClN2O5. The molecule has 0 spiro atoms. The van der Waals surface area contributed by atoms with E-state index in [1.165, 1.54) is 25.1 Å². The minimum Gasteiger partial charge on any atom is -0.493 e. The summed E-state index contributed by atoms with van der Waals surface area (Å²) < 4.78 is 16.8. The van der Waals surface area contributed by atoms with E-state index in [1.54, 1.807) is 12.1 Å². The maximum atomic E-state index is 12.6. The second kappa shape index (κ2) is 8.53. The Morgan fingerprint density at radius 2 is 1.96 bits per heavy atom. The van der Waals surface area contributed by atoms with Crippen LogP contribution in [0.2, 0.25) is 0 Å². The molecular weight excluding hydrogens is 348 g/mol. The van der Waals surface area contributed by atoms with Gasteiger partial charge in [0, 0.05) is 24.1 Å². The second-order valence-electron chi connectivity index (χ2n) is 5.25. The molecule has 1 aromatic heterocycles. The van der Waals surface area contributed by atoms with Gasteiger partial charge in [-0.2, -0.15) is 0 Å². The Balaban J connectivity index is 2.12. The molecule has 1 aromatic carbocycles. The van der Waals surface area contributed by atoms with Crippen LogP contribution in [0, 0.1) is 0 Å². The first-order valence-electron chi connectivity index (χ1n) is 7.56. The van der Waals surface area contributed by atoms with E-state index in [1.807, 2.05) is 0 Å². The molecule has 0 bridgehead atoms. The average molecular weight is 367 g/mol. The van der Waals surface area contributed by atoms with Gasteiger partial charge in [0.05, 0.1) is 31.4 Å². The predicted octanol–water partition coefficient (Wildman–Crippen LogP) is 2.49. The SMILES string of the molecule is C=C(Cl)COC(=O)CCCn1cnc2cc(OC)c(OC)cc2c1=O. The Kier molecular flexibility index (Phi) is 6.41. The van der Waals surface area contributed by atoms with Crippen molar-refractivity contribution < 1.29 is 19.0 Å². The first-order chi connectivity index (χ1) is 12.0. The molecule has 0 unspecified atom stereocenters. The van der Waals surface area contributed by atoms with Crippen molar-refractivity contribution in [3.63, 3.8) is 0 Å². The van der Waals surface area contributed by atoms with Gasteiger partial charge in [-0.3, -0.25) is 14.2 Å². The van der Waals surface area contributed by atoms with E-state index >= 15 is 0 Å². The van der Waals surface area contributed by atoms with Crippen LogP contribution in [0.25, 0.3) is 10.9 Å². The van der Waals surface area contributed by atoms with Crippen LogP contribution in [-0.4, -0.2) is 36.3 Å². The maximum Gasteiger partial charge on any atom is 0.306 e. The van der Waals surface area contributed by atoms with Crippen molar-refractivity contribution in [3.05, 3.63) is 40.4 Å². The van der Waals surface area contributed by atoms with Gasteiger partial charge >= 0.3 is 5.97 Å². The van der Waals surface area contributed by atoms with Crippen LogP contribution in [0.15, 0.2) is 34.9 Å². The van der Waals surface area contributed by atoms with Crippen LogP contribution >= 0.6 is 11.6 Å². The van der Waals surface area contributed by atoms with E-state index in [9.17, 15) is 9.59 Å². The third-order valence-electron chi connectivity index (χ3n) is 3.50. The van der Waals surface area contributed by atoms with Crippen molar-refractivity contribution in [1.82, 2.24) is 9.55 Å². The number of fused-ring (bicyclic) bond motifs is 1. The summed E-state index contributed by atoms with van der Waals surface area (Å²) in [6, 6.07) is 3.25. The van der Waals surface area contributed by atoms with Crippen LogP contribution < -0.4 is 15.0 Å². The Labute approximate surface area is 149 Å². The van der Waals surface area contributed by atoms with Gasteiger partial charge in [-0.1, -0.05) is 18.2 Å². The number of hydrogen-bond acceptors (Lipinski definition) is 6. The number of nitrogens with zero attached hydrogens (tertiary/aromatic N) is 2. The quantitative estimate of drug-likeness (QED) is 0.668. The molecule has 7 nitrogen and oxygen atoms in total. The first-order valence-corrected chi connectivity index (χ1v) is 7.94. The van der Waals surface area contributed by atoms with Crippen LogP contribution in [0.3, 0.4) is 0 Å². The smallest absolute Gasteiger partial charge is 0.306 e. The zero-order chi connectivity index (χ0) is 18.4. The van der Waals surface area contributed by atoms with Crippen molar-refractivity contribution in [3.8, 4) is 11.5 Å². The Morgan fingerprint density at radius 3 is 2.60 bits per heavy atom. The van der Waals surface area contributed by atoms with Crippen molar-refractivity contribution in [2.75, 3.05) is 20.8 Å². The molecule has 25 heavy (non-hydrogen) atoms. The lowest BCUT2D eigenvalue weighted by atomic mass is 10.2. The molecule has 1 heterocycles. The maximum absolute atomic E-state index is 12.6. The lowest BCUT2D eigenvalue weighted by molar-refractivity contribution is -0.142. The van der Waals surface area contributed by atoms with Gasteiger partial charge in [0.25, 0.3) is 5.56 Å². The van der Waals surface area contributed by atoms with Gasteiger partial charge in [0.15, 0.2) is 11.5 Å². The number of aromatic nitrogens is 2. The number of hydrogen-bond donors (Lipinski definition) is 0. The number of carbonyl (C=O) groups is 1. The van der Waals surface area contributed by atoms with Crippen LogP contribution in [0.4, 0.5) is 0 Å². The molecule has 8 heteroatoms. The molecule has 0 aliphatic heterocycles. The molecule has 0 radical (unpaired) electrons. The fourth-order valence-electron chi connectivity index (χ4n) is 2.27. The van der Waals surface area contributed by atoms with E-state index in [0.717, 1.165) is 0 Å². The molecule has 0 aliphatic rings. The summed E-state index contributed by atoms with van der Waals surface area (Å²) in [5.74, 6) is 0.565. The number of ether oxygens (including phenoxy) is 3. The fraction of sp³-hybridized carbons (Fsp3) is 0.353. The molecule has 0 atom stereocenters. The molecule has 134 valence electrons. The molecule has 0 saturated heterocycles. The molecule has 2 rings (SSSR count). The molecule has 0 amide bonds. The molecule has 0 fully saturated rings. The lowest BCUT2D eigenvalue weighted by Crippen LogP contribution is -2.21. The number of rotatable bonds is 8. The highest BCUT2D eigenvalue weighted by atomic mass is 35.5. The molecule has 0 aliphatic carbocycles. The predicted molar refractivity (Wildman–Crippen MR) is 94.3 cm³/mol. The van der Waals surface area contributed by atoms with Crippen molar-refractivity contribution in [2.45, 2.75) is 19.4 Å². The summed E-state index contributed by atoms with van der Waals surface area (Å²) >= 11 is 5.53.